The van der Waals surface area contributed by atoms with Crippen LogP contribution in [-0.4, -0.2) is 19.5 Å². The molecule has 0 unspecified atom stereocenters. The molecule has 0 amide bonds. The number of ether oxygens (including phenoxy) is 1. The van der Waals surface area contributed by atoms with Gasteiger partial charge >= 0.3 is 0 Å². The van der Waals surface area contributed by atoms with Crippen molar-refractivity contribution < 1.29 is 9.53 Å². The molecule has 1 aromatic carbocycles. The van der Waals surface area contributed by atoms with E-state index >= 15 is 0 Å². The van der Waals surface area contributed by atoms with Crippen molar-refractivity contribution in [1.82, 2.24) is 0 Å². The highest BCUT2D eigenvalue weighted by Crippen LogP contribution is 2.07. The summed E-state index contributed by atoms with van der Waals surface area (Å²) in [7, 11) is 1.69. The van der Waals surface area contributed by atoms with Crippen LogP contribution in [0.25, 0.3) is 0 Å². The highest BCUT2D eigenvalue weighted by Gasteiger charge is 2.00. The summed E-state index contributed by atoms with van der Waals surface area (Å²) in [6, 6.07) is 8.01. The van der Waals surface area contributed by atoms with E-state index in [1.54, 1.807) is 7.11 Å². The topological polar surface area (TPSA) is 26.3 Å². The van der Waals surface area contributed by atoms with Crippen LogP contribution < -0.4 is 0 Å². The molecule has 0 radical (unpaired) electrons. The molecular weight excluding hydrogens is 188 g/mol. The summed E-state index contributed by atoms with van der Waals surface area (Å²) in [6.45, 7) is 4.17. The molecule has 0 heterocycles. The smallest absolute Gasteiger partial charge is 0.159 e. The van der Waals surface area contributed by atoms with Crippen LogP contribution in [0.2, 0.25) is 0 Å². The monoisotopic (exact) mass is 204 g/mol. The number of allylic oxidation sites excluding steroid dienone is 1. The molecular formula is C13H16O2. The van der Waals surface area contributed by atoms with Gasteiger partial charge in [-0.05, 0) is 23.6 Å². The fraction of sp³-hybridized carbons (Fsp3) is 0.308. The molecule has 0 aliphatic carbocycles. The number of hydrogen-bond acceptors (Lipinski definition) is 2. The van der Waals surface area contributed by atoms with Crippen LogP contribution in [0.3, 0.4) is 0 Å². The molecule has 2 nitrogen and oxygen atoms in total. The van der Waals surface area contributed by atoms with Crippen molar-refractivity contribution in [2.24, 2.45) is 0 Å². The van der Waals surface area contributed by atoms with Gasteiger partial charge in [0.05, 0.1) is 6.61 Å². The van der Waals surface area contributed by atoms with Crippen LogP contribution >= 0.6 is 0 Å². The second-order valence-electron chi connectivity index (χ2n) is 3.41. The van der Waals surface area contributed by atoms with Gasteiger partial charge in [0.15, 0.2) is 5.78 Å². The number of carbonyl (C=O) groups excluding carboxylic acids is 1. The minimum absolute atomic E-state index is 0.0545. The standard InChI is InChI=1S/C13H16O2/c1-3-13(14)10-12-6-4-5-11(9-12)7-8-15-2/h3-6,9H,1,7-8,10H2,2H3. The quantitative estimate of drug-likeness (QED) is 0.664. The Morgan fingerprint density at radius 3 is 2.87 bits per heavy atom. The summed E-state index contributed by atoms with van der Waals surface area (Å²) in [5.74, 6) is 0.0545. The van der Waals surface area contributed by atoms with E-state index < -0.39 is 0 Å². The van der Waals surface area contributed by atoms with Gasteiger partial charge in [-0.3, -0.25) is 4.79 Å². The molecule has 0 aliphatic rings. The Bertz CT molecular complexity index is 342. The number of ketones is 1. The van der Waals surface area contributed by atoms with E-state index in [1.165, 1.54) is 11.6 Å². The summed E-state index contributed by atoms with van der Waals surface area (Å²) >= 11 is 0. The van der Waals surface area contributed by atoms with Crippen molar-refractivity contribution in [2.75, 3.05) is 13.7 Å². The molecule has 0 fully saturated rings. The molecule has 0 saturated heterocycles. The van der Waals surface area contributed by atoms with Gasteiger partial charge in [-0.2, -0.15) is 0 Å². The number of rotatable bonds is 6. The van der Waals surface area contributed by atoms with Crippen LogP contribution in [0.15, 0.2) is 36.9 Å². The first kappa shape index (κ1) is 11.7. The van der Waals surface area contributed by atoms with E-state index in [-0.39, 0.29) is 5.78 Å². The third kappa shape index (κ3) is 4.09. The molecule has 0 saturated carbocycles. The van der Waals surface area contributed by atoms with Gasteiger partial charge in [0, 0.05) is 13.5 Å². The molecule has 1 rings (SSSR count). The zero-order valence-corrected chi connectivity index (χ0v) is 9.03. The van der Waals surface area contributed by atoms with Crippen LogP contribution in [0.1, 0.15) is 11.1 Å². The zero-order valence-electron chi connectivity index (χ0n) is 9.03. The predicted molar refractivity (Wildman–Crippen MR) is 60.9 cm³/mol. The fourth-order valence-corrected chi connectivity index (χ4v) is 1.39. The van der Waals surface area contributed by atoms with Crippen LogP contribution in [0.4, 0.5) is 0 Å². The first-order valence-electron chi connectivity index (χ1n) is 4.98. The molecule has 2 heteroatoms. The maximum Gasteiger partial charge on any atom is 0.159 e. The summed E-state index contributed by atoms with van der Waals surface area (Å²) in [5, 5.41) is 0. The third-order valence-electron chi connectivity index (χ3n) is 2.19. The molecule has 80 valence electrons. The molecule has 0 bridgehead atoms. The van der Waals surface area contributed by atoms with E-state index in [0.29, 0.717) is 13.0 Å². The van der Waals surface area contributed by atoms with Gasteiger partial charge in [0.1, 0.15) is 0 Å². The Labute approximate surface area is 90.6 Å². The molecule has 15 heavy (non-hydrogen) atoms. The SMILES string of the molecule is C=CC(=O)Cc1cccc(CCOC)c1. The molecule has 0 atom stereocenters. The van der Waals surface area contributed by atoms with Crippen molar-refractivity contribution in [3.8, 4) is 0 Å². The lowest BCUT2D eigenvalue weighted by Gasteiger charge is -2.03. The number of methoxy groups -OCH3 is 1. The zero-order chi connectivity index (χ0) is 11.1. The van der Waals surface area contributed by atoms with E-state index in [1.807, 2.05) is 24.3 Å². The summed E-state index contributed by atoms with van der Waals surface area (Å²) < 4.78 is 5.00. The number of hydrogen-bond donors (Lipinski definition) is 0. The minimum Gasteiger partial charge on any atom is -0.384 e. The first-order chi connectivity index (χ1) is 7.26. The summed E-state index contributed by atoms with van der Waals surface area (Å²) in [5.41, 5.74) is 2.24. The van der Waals surface area contributed by atoms with E-state index in [4.69, 9.17) is 4.74 Å². The lowest BCUT2D eigenvalue weighted by atomic mass is 10.0. The first-order valence-corrected chi connectivity index (χ1v) is 4.98. The Kier molecular flexibility index (Phi) is 4.78. The van der Waals surface area contributed by atoms with Crippen molar-refractivity contribution in [2.45, 2.75) is 12.8 Å². The normalized spacial score (nSPS) is 9.93. The second-order valence-corrected chi connectivity index (χ2v) is 3.41. The van der Waals surface area contributed by atoms with Gasteiger partial charge in [-0.1, -0.05) is 30.8 Å². The molecule has 0 aromatic heterocycles. The maximum absolute atomic E-state index is 11.2. The van der Waals surface area contributed by atoms with Gasteiger partial charge in [0.25, 0.3) is 0 Å². The van der Waals surface area contributed by atoms with Gasteiger partial charge < -0.3 is 4.74 Å². The average molecular weight is 204 g/mol. The second kappa shape index (κ2) is 6.14. The Morgan fingerprint density at radius 2 is 2.20 bits per heavy atom. The van der Waals surface area contributed by atoms with E-state index in [0.717, 1.165) is 12.0 Å². The highest BCUT2D eigenvalue weighted by atomic mass is 16.5. The molecule has 0 aliphatic heterocycles. The maximum atomic E-state index is 11.2. The number of benzene rings is 1. The summed E-state index contributed by atoms with van der Waals surface area (Å²) in [6.07, 6.45) is 2.68. The van der Waals surface area contributed by atoms with Crippen LogP contribution in [-0.2, 0) is 22.4 Å². The molecule has 0 spiro atoms. The Hall–Kier alpha value is -1.41. The largest absolute Gasteiger partial charge is 0.384 e. The van der Waals surface area contributed by atoms with Gasteiger partial charge in [-0.25, -0.2) is 0 Å². The van der Waals surface area contributed by atoms with Crippen molar-refractivity contribution in [3.63, 3.8) is 0 Å². The Balaban J connectivity index is 2.65. The van der Waals surface area contributed by atoms with Crippen molar-refractivity contribution in [3.05, 3.63) is 48.0 Å². The third-order valence-corrected chi connectivity index (χ3v) is 2.19. The minimum atomic E-state index is 0.0545. The van der Waals surface area contributed by atoms with E-state index in [9.17, 15) is 4.79 Å². The number of carbonyl (C=O) groups is 1. The predicted octanol–water partition coefficient (Wildman–Crippen LogP) is 2.17. The molecule has 1 aromatic rings. The lowest BCUT2D eigenvalue weighted by Crippen LogP contribution is -2.00. The Morgan fingerprint density at radius 1 is 1.47 bits per heavy atom. The van der Waals surface area contributed by atoms with Crippen molar-refractivity contribution in [1.29, 1.82) is 0 Å². The van der Waals surface area contributed by atoms with E-state index in [2.05, 4.69) is 6.58 Å². The average Bonchev–Trinajstić information content (AvgIpc) is 2.26. The van der Waals surface area contributed by atoms with Gasteiger partial charge in [0.2, 0.25) is 0 Å². The summed E-state index contributed by atoms with van der Waals surface area (Å²) in [4.78, 5) is 11.2. The fourth-order valence-electron chi connectivity index (χ4n) is 1.39. The lowest BCUT2D eigenvalue weighted by molar-refractivity contribution is -0.114. The van der Waals surface area contributed by atoms with Crippen LogP contribution in [0, 0.1) is 0 Å². The van der Waals surface area contributed by atoms with Crippen LogP contribution in [0.5, 0.6) is 0 Å². The van der Waals surface area contributed by atoms with Gasteiger partial charge in [-0.15, -0.1) is 0 Å². The highest BCUT2D eigenvalue weighted by molar-refractivity contribution is 5.90. The molecule has 0 N–H and O–H groups in total. The van der Waals surface area contributed by atoms with Crippen molar-refractivity contribution >= 4 is 5.78 Å².